The molecule has 0 spiro atoms. The number of rotatable bonds is 17. The number of carbonyl (C=O) groups is 8. The molecule has 550 valence electrons. The lowest BCUT2D eigenvalue weighted by atomic mass is 10.1. The second-order valence-corrected chi connectivity index (χ2v) is 25.0. The van der Waals surface area contributed by atoms with E-state index in [4.69, 9.17) is 27.9 Å². The van der Waals surface area contributed by atoms with Crippen LogP contribution in [0.25, 0.3) is 48.6 Å². The molecule has 9 nitrogen and oxygen atoms in total. The molecule has 15 heteroatoms. The van der Waals surface area contributed by atoms with Crippen molar-refractivity contribution in [3.63, 3.8) is 0 Å². The molecule has 0 fully saturated rings. The standard InChI is InChI=1S/C12H14O2.C12H14O.2C11H11ClO.C11H10F2O.2C11H11FO.C11H12O/c1-9-4-6-11(7-5-10(2)13)12(8-9)14-3;1-9-4-6-12(10(2)8-9)7-5-11(3)13;1-8-3-5-10(7-11(8)12)6-4-9(2)13;1-8-3-5-10(11(12)7-8)6-4-9(2)13;1-7-3-5-9(6-4-8(2)14)11(13)10(7)12;1-8-3-5-10(7-11(8)12)6-4-9(2)13;1-8-3-5-10(11(12)7-8)6-4-9(2)13;1-9-3-6-11(7-4-9)8-5-10(2)12/h4-8H,1-3H3;4-8H,1-3H3;2*3-7H,1-2H3;3-6H,1-2H3;2*3-7H,1-2H3;3-8H,1-2H3/b2*7-5+;5*6-4+;8-5+. The van der Waals surface area contributed by atoms with Crippen LogP contribution in [0.2, 0.25) is 10.0 Å². The van der Waals surface area contributed by atoms with Crippen LogP contribution in [0.15, 0.2) is 194 Å². The van der Waals surface area contributed by atoms with E-state index in [9.17, 15) is 55.9 Å². The Bertz CT molecular complexity index is 4300. The van der Waals surface area contributed by atoms with Crippen molar-refractivity contribution in [2.24, 2.45) is 0 Å². The number of benzene rings is 8. The molecule has 0 unspecified atom stereocenters. The van der Waals surface area contributed by atoms with E-state index in [1.165, 1.54) is 138 Å². The van der Waals surface area contributed by atoms with Crippen molar-refractivity contribution >= 4 is 118 Å². The molecular weight excluding hydrogens is 1370 g/mol. The quantitative estimate of drug-likeness (QED) is 0.0642. The average Bonchev–Trinajstić information content (AvgIpc) is 0.855. The summed E-state index contributed by atoms with van der Waals surface area (Å²) in [5.41, 5.74) is 14.9. The summed E-state index contributed by atoms with van der Waals surface area (Å²) >= 11 is 11.9. The Balaban J connectivity index is 0.000000600. The van der Waals surface area contributed by atoms with Gasteiger partial charge in [-0.25, -0.2) is 17.6 Å². The average molecular weight is 1470 g/mol. The number of hydrogen-bond donors (Lipinski definition) is 0. The van der Waals surface area contributed by atoms with E-state index in [0.29, 0.717) is 21.7 Å². The molecule has 0 aliphatic rings. The van der Waals surface area contributed by atoms with Crippen LogP contribution in [-0.4, -0.2) is 53.4 Å². The Morgan fingerprint density at radius 1 is 0.276 bits per heavy atom. The minimum atomic E-state index is -0.914. The van der Waals surface area contributed by atoms with Gasteiger partial charge >= 0.3 is 0 Å². The molecule has 0 aliphatic carbocycles. The maximum Gasteiger partial charge on any atom is 0.166 e. The van der Waals surface area contributed by atoms with Crippen molar-refractivity contribution in [2.75, 3.05) is 7.11 Å². The summed E-state index contributed by atoms with van der Waals surface area (Å²) in [6.07, 6.45) is 25.0. The largest absolute Gasteiger partial charge is 0.496 e. The predicted molar refractivity (Wildman–Crippen MR) is 428 cm³/mol. The highest BCUT2D eigenvalue weighted by atomic mass is 35.5. The smallest absolute Gasteiger partial charge is 0.166 e. The van der Waals surface area contributed by atoms with Crippen LogP contribution in [-0.2, 0) is 38.4 Å². The van der Waals surface area contributed by atoms with Gasteiger partial charge in [0.05, 0.1) is 7.11 Å². The van der Waals surface area contributed by atoms with Gasteiger partial charge in [-0.3, -0.25) is 38.4 Å². The van der Waals surface area contributed by atoms with Crippen molar-refractivity contribution in [1.29, 1.82) is 0 Å². The molecule has 105 heavy (non-hydrogen) atoms. The molecule has 0 radical (unpaired) electrons. The number of ether oxygens (including phenoxy) is 1. The Kier molecular flexibility index (Phi) is 43.6. The zero-order valence-corrected chi connectivity index (χ0v) is 64.5. The molecule has 0 saturated heterocycles. The summed E-state index contributed by atoms with van der Waals surface area (Å²) in [6, 6.07) is 44.2. The molecule has 0 amide bonds. The molecule has 0 saturated carbocycles. The fourth-order valence-electron chi connectivity index (χ4n) is 8.07. The Labute approximate surface area is 627 Å². The van der Waals surface area contributed by atoms with E-state index in [1.807, 2.05) is 151 Å². The molecule has 0 N–H and O–H groups in total. The summed E-state index contributed by atoms with van der Waals surface area (Å²) in [4.78, 5) is 85.1. The Hall–Kier alpha value is -10.9. The van der Waals surface area contributed by atoms with Gasteiger partial charge in [0.25, 0.3) is 0 Å². The van der Waals surface area contributed by atoms with Crippen molar-refractivity contribution in [1.82, 2.24) is 0 Å². The molecular formula is C90H94Cl2F4O9. The maximum absolute atomic E-state index is 13.2. The molecule has 8 rings (SSSR count). The van der Waals surface area contributed by atoms with Gasteiger partial charge in [-0.15, -0.1) is 0 Å². The summed E-state index contributed by atoms with van der Waals surface area (Å²) in [5.74, 6) is -1.59. The lowest BCUT2D eigenvalue weighted by Gasteiger charge is -2.05. The highest BCUT2D eigenvalue weighted by molar-refractivity contribution is 6.32. The number of aryl methyl sites for hydroxylation is 9. The summed E-state index contributed by atoms with van der Waals surface area (Å²) in [6.45, 7) is 29.0. The van der Waals surface area contributed by atoms with Gasteiger partial charge in [0.15, 0.2) is 57.9 Å². The van der Waals surface area contributed by atoms with Gasteiger partial charge in [-0.05, 0) is 288 Å². The third kappa shape index (κ3) is 41.7. The number of halogens is 6. The first-order valence-corrected chi connectivity index (χ1v) is 33.8. The Morgan fingerprint density at radius 3 is 1.05 bits per heavy atom. The van der Waals surface area contributed by atoms with E-state index < -0.39 is 11.6 Å². The monoisotopic (exact) mass is 1460 g/mol. The number of allylic oxidation sites excluding steroid dienone is 8. The summed E-state index contributed by atoms with van der Waals surface area (Å²) < 4.78 is 57.5. The van der Waals surface area contributed by atoms with Crippen LogP contribution in [0.5, 0.6) is 5.75 Å². The number of methoxy groups -OCH3 is 1. The third-order valence-corrected chi connectivity index (χ3v) is 14.7. The van der Waals surface area contributed by atoms with Gasteiger partial charge in [-0.1, -0.05) is 174 Å². The van der Waals surface area contributed by atoms with Gasteiger partial charge in [0.1, 0.15) is 17.4 Å². The van der Waals surface area contributed by atoms with E-state index in [1.54, 1.807) is 82.5 Å². The highest BCUT2D eigenvalue weighted by Crippen LogP contribution is 2.23. The van der Waals surface area contributed by atoms with Crippen molar-refractivity contribution in [3.05, 3.63) is 322 Å². The van der Waals surface area contributed by atoms with Gasteiger partial charge < -0.3 is 4.74 Å². The fraction of sp³-hybridized carbons (Fsp3) is 0.200. The van der Waals surface area contributed by atoms with Crippen LogP contribution in [0.1, 0.15) is 150 Å². The van der Waals surface area contributed by atoms with Crippen LogP contribution in [0.3, 0.4) is 0 Å². The van der Waals surface area contributed by atoms with Crippen LogP contribution in [0.4, 0.5) is 17.6 Å². The Morgan fingerprint density at radius 2 is 0.610 bits per heavy atom. The van der Waals surface area contributed by atoms with Gasteiger partial charge in [0.2, 0.25) is 0 Å². The fourth-order valence-corrected chi connectivity index (χ4v) is 8.56. The molecule has 0 atom stereocenters. The molecule has 0 heterocycles. The first-order valence-electron chi connectivity index (χ1n) is 33.1. The molecule has 8 aromatic carbocycles. The van der Waals surface area contributed by atoms with Crippen LogP contribution < -0.4 is 4.74 Å². The summed E-state index contributed by atoms with van der Waals surface area (Å²) in [7, 11) is 1.62. The van der Waals surface area contributed by atoms with Crippen molar-refractivity contribution in [3.8, 4) is 5.75 Å². The first-order chi connectivity index (χ1) is 49.3. The zero-order valence-electron chi connectivity index (χ0n) is 63.0. The minimum Gasteiger partial charge on any atom is -0.496 e. The molecule has 8 aromatic rings. The second-order valence-electron chi connectivity index (χ2n) is 24.2. The topological polar surface area (TPSA) is 146 Å². The number of hydrogen-bond acceptors (Lipinski definition) is 9. The molecule has 0 aliphatic heterocycles. The lowest BCUT2D eigenvalue weighted by Crippen LogP contribution is -1.92. The molecule has 0 bridgehead atoms. The maximum atomic E-state index is 13.2. The zero-order chi connectivity index (χ0) is 79.5. The predicted octanol–water partition coefficient (Wildman–Crippen LogP) is 23.0. The van der Waals surface area contributed by atoms with E-state index in [-0.39, 0.29) is 69.0 Å². The number of carbonyl (C=O) groups excluding carboxylic acids is 8. The third-order valence-electron chi connectivity index (χ3n) is 13.9. The van der Waals surface area contributed by atoms with Crippen LogP contribution >= 0.6 is 23.2 Å². The highest BCUT2D eigenvalue weighted by Gasteiger charge is 2.09. The van der Waals surface area contributed by atoms with E-state index >= 15 is 0 Å². The SMILES string of the molecule is CC(=O)/C=C/c1ccc(C)c(Cl)c1.CC(=O)/C=C/c1ccc(C)c(F)c1.CC(=O)/C=C/c1ccc(C)c(F)c1F.CC(=O)/C=C/c1ccc(C)cc1.CC(=O)/C=C/c1ccc(C)cc1C.CC(=O)/C=C/c1ccc(C)cc1Cl.CC(=O)/C=C/c1ccc(C)cc1F.COc1cc(C)ccc1/C=C/C(C)=O. The van der Waals surface area contributed by atoms with Gasteiger partial charge in [-0.2, -0.15) is 0 Å². The van der Waals surface area contributed by atoms with E-state index in [2.05, 4.69) is 13.0 Å². The molecule has 0 aromatic heterocycles. The first kappa shape index (κ1) is 92.2. The lowest BCUT2D eigenvalue weighted by molar-refractivity contribution is -0.113. The van der Waals surface area contributed by atoms with Crippen molar-refractivity contribution in [2.45, 2.75) is 118 Å². The van der Waals surface area contributed by atoms with Crippen molar-refractivity contribution < 1.29 is 60.7 Å². The van der Waals surface area contributed by atoms with Gasteiger partial charge in [0, 0.05) is 26.7 Å². The second kappa shape index (κ2) is 49.7. The number of ketones is 8. The summed E-state index contributed by atoms with van der Waals surface area (Å²) in [5, 5.41) is 1.41. The minimum absolute atomic E-state index is 0.0247. The normalized spacial score (nSPS) is 10.7. The van der Waals surface area contributed by atoms with Crippen LogP contribution in [0, 0.1) is 85.6 Å². The van der Waals surface area contributed by atoms with E-state index in [0.717, 1.165) is 60.8 Å².